The molecule has 4 aliphatic rings. The number of nitrogens with one attached hydrogen (secondary N) is 2. The Balaban J connectivity index is 0.889. The molecule has 4 aliphatic carbocycles. The number of ether oxygens (including phenoxy) is 4. The number of allylic oxidation sites excluding steroid dienone is 2. The van der Waals surface area contributed by atoms with E-state index in [1.807, 2.05) is 56.3 Å². The Morgan fingerprint density at radius 2 is 1.60 bits per heavy atom. The van der Waals surface area contributed by atoms with Crippen molar-refractivity contribution in [1.29, 1.82) is 0 Å². The van der Waals surface area contributed by atoms with Crippen molar-refractivity contribution in [3.05, 3.63) is 77.0 Å². The SMILES string of the molecule is CCC(C)(CCOC(C)(C)[C@H]1CC[C@@]2(C)C(=CCC3C2CC[C@@]2(C)C3CC[C@@H]2[C@H](C)CCCC(C)C)C1)NC(=O)CC(C)(C)CC(C)(C)C(=O)Nc1nc(N)ncc1Cc1ccc(OCc2ccc(OC)cc2)c(OC)c1. The molecule has 9 atom stereocenters. The summed E-state index contributed by atoms with van der Waals surface area (Å²) in [5.41, 5.74) is 9.18. The first kappa shape index (κ1) is 60.0. The van der Waals surface area contributed by atoms with Crippen molar-refractivity contribution in [3.63, 3.8) is 0 Å². The average Bonchev–Trinajstić information content (AvgIpc) is 3.73. The Labute approximate surface area is 465 Å². The predicted molar refractivity (Wildman–Crippen MR) is 313 cm³/mol. The molecule has 0 spiro atoms. The quantitative estimate of drug-likeness (QED) is 0.0706. The molecule has 0 saturated heterocycles. The van der Waals surface area contributed by atoms with E-state index in [2.05, 4.69) is 103 Å². The highest BCUT2D eigenvalue weighted by molar-refractivity contribution is 5.94. The monoisotopic (exact) mass is 1060 g/mol. The van der Waals surface area contributed by atoms with Gasteiger partial charge in [0, 0.05) is 42.2 Å². The normalized spacial score (nSPS) is 25.6. The molecule has 4 unspecified atom stereocenters. The van der Waals surface area contributed by atoms with Gasteiger partial charge in [0.1, 0.15) is 18.2 Å². The molecular formula is C66H101N5O6. The molecule has 3 saturated carbocycles. The topological polar surface area (TPSA) is 147 Å². The molecule has 1 aromatic heterocycles. The fourth-order valence-electron chi connectivity index (χ4n) is 15.4. The Bertz CT molecular complexity index is 2520. The van der Waals surface area contributed by atoms with Gasteiger partial charge in [0.05, 0.1) is 19.8 Å². The van der Waals surface area contributed by atoms with E-state index >= 15 is 0 Å². The molecule has 1 heterocycles. The van der Waals surface area contributed by atoms with Gasteiger partial charge in [-0.1, -0.05) is 118 Å². The summed E-state index contributed by atoms with van der Waals surface area (Å²) in [4.78, 5) is 36.9. The molecule has 2 aromatic carbocycles. The number of nitrogen functional groups attached to an aromatic ring is 1. The van der Waals surface area contributed by atoms with Crippen LogP contribution in [0, 0.1) is 63.1 Å². The lowest BCUT2D eigenvalue weighted by Crippen LogP contribution is -2.52. The summed E-state index contributed by atoms with van der Waals surface area (Å²) in [6, 6.07) is 13.5. The Morgan fingerprint density at radius 1 is 0.870 bits per heavy atom. The van der Waals surface area contributed by atoms with Gasteiger partial charge in [-0.25, -0.2) is 4.98 Å². The average molecular weight is 1060 g/mol. The second-order valence-electron chi connectivity index (χ2n) is 27.7. The van der Waals surface area contributed by atoms with E-state index in [0.29, 0.717) is 65.7 Å². The number of carbonyl (C=O) groups is 2. The molecule has 0 radical (unpaired) electrons. The zero-order valence-electron chi connectivity index (χ0n) is 50.4. The molecule has 2 amide bonds. The highest BCUT2D eigenvalue weighted by atomic mass is 16.5. The fourth-order valence-corrected chi connectivity index (χ4v) is 15.4. The minimum atomic E-state index is -0.852. The van der Waals surface area contributed by atoms with Gasteiger partial charge in [0.25, 0.3) is 0 Å². The van der Waals surface area contributed by atoms with Crippen molar-refractivity contribution in [1.82, 2.24) is 15.3 Å². The lowest BCUT2D eigenvalue weighted by molar-refractivity contribution is -0.129. The third-order valence-electron chi connectivity index (χ3n) is 20.1. The third-order valence-corrected chi connectivity index (χ3v) is 20.1. The number of rotatable bonds is 25. The third kappa shape index (κ3) is 14.2. The van der Waals surface area contributed by atoms with Crippen molar-refractivity contribution in [2.24, 2.45) is 63.1 Å². The van der Waals surface area contributed by atoms with E-state index in [4.69, 9.17) is 24.7 Å². The number of amides is 2. The van der Waals surface area contributed by atoms with Crippen molar-refractivity contribution < 1.29 is 28.5 Å². The van der Waals surface area contributed by atoms with Crippen molar-refractivity contribution in [2.75, 3.05) is 31.9 Å². The highest BCUT2D eigenvalue weighted by Gasteiger charge is 2.59. The van der Waals surface area contributed by atoms with E-state index in [1.54, 1.807) is 26.0 Å². The lowest BCUT2D eigenvalue weighted by Gasteiger charge is -2.59. The molecule has 77 heavy (non-hydrogen) atoms. The molecule has 3 fully saturated rings. The number of hydrogen-bond acceptors (Lipinski definition) is 9. The van der Waals surface area contributed by atoms with E-state index in [1.165, 1.54) is 64.2 Å². The van der Waals surface area contributed by atoms with Crippen LogP contribution in [0.5, 0.6) is 17.2 Å². The number of aromatic nitrogens is 2. The molecule has 0 aliphatic heterocycles. The largest absolute Gasteiger partial charge is 0.497 e. The van der Waals surface area contributed by atoms with E-state index in [-0.39, 0.29) is 29.8 Å². The van der Waals surface area contributed by atoms with Gasteiger partial charge in [-0.2, -0.15) is 4.98 Å². The summed E-state index contributed by atoms with van der Waals surface area (Å²) in [6.07, 6.45) is 21.7. The lowest BCUT2D eigenvalue weighted by atomic mass is 9.46. The summed E-state index contributed by atoms with van der Waals surface area (Å²) in [6.45, 7) is 30.5. The van der Waals surface area contributed by atoms with Crippen molar-refractivity contribution in [2.45, 2.75) is 210 Å². The van der Waals surface area contributed by atoms with Crippen LogP contribution in [0.15, 0.2) is 60.3 Å². The summed E-state index contributed by atoms with van der Waals surface area (Å²) in [5.74, 6) is 7.68. The molecule has 3 aromatic rings. The molecular weight excluding hydrogens is 959 g/mol. The van der Waals surface area contributed by atoms with E-state index in [0.717, 1.165) is 71.6 Å². The maximum Gasteiger partial charge on any atom is 0.231 e. The van der Waals surface area contributed by atoms with Crippen molar-refractivity contribution in [3.8, 4) is 17.2 Å². The molecule has 11 nitrogen and oxygen atoms in total. The van der Waals surface area contributed by atoms with Gasteiger partial charge in [-0.05, 0) is 184 Å². The van der Waals surface area contributed by atoms with Crippen LogP contribution in [-0.2, 0) is 27.4 Å². The molecule has 4 N–H and O–H groups in total. The maximum atomic E-state index is 14.2. The van der Waals surface area contributed by atoms with Crippen LogP contribution in [0.4, 0.5) is 11.8 Å². The van der Waals surface area contributed by atoms with Crippen LogP contribution in [0.25, 0.3) is 0 Å². The van der Waals surface area contributed by atoms with Gasteiger partial charge >= 0.3 is 0 Å². The minimum Gasteiger partial charge on any atom is -0.497 e. The number of benzene rings is 2. The second-order valence-corrected chi connectivity index (χ2v) is 27.7. The molecule has 426 valence electrons. The number of anilines is 2. The number of nitrogens with zero attached hydrogens (tertiary/aromatic N) is 2. The summed E-state index contributed by atoms with van der Waals surface area (Å²) >= 11 is 0. The maximum absolute atomic E-state index is 14.2. The Hall–Kier alpha value is -4.64. The summed E-state index contributed by atoms with van der Waals surface area (Å²) in [5, 5.41) is 6.49. The van der Waals surface area contributed by atoms with Crippen LogP contribution >= 0.6 is 0 Å². The second kappa shape index (κ2) is 24.4. The zero-order chi connectivity index (χ0) is 56.1. The first-order chi connectivity index (χ1) is 36.2. The van der Waals surface area contributed by atoms with Crippen LogP contribution in [0.3, 0.4) is 0 Å². The first-order valence-corrected chi connectivity index (χ1v) is 29.7. The minimum absolute atomic E-state index is 0.0188. The van der Waals surface area contributed by atoms with Crippen LogP contribution in [-0.4, -0.2) is 53.7 Å². The Morgan fingerprint density at radius 3 is 2.29 bits per heavy atom. The zero-order valence-corrected chi connectivity index (χ0v) is 50.4. The number of hydrogen-bond donors (Lipinski definition) is 3. The fraction of sp³-hybridized carbons (Fsp3) is 0.697. The first-order valence-electron chi connectivity index (χ1n) is 29.7. The molecule has 7 rings (SSSR count). The van der Waals surface area contributed by atoms with Gasteiger partial charge in [0.15, 0.2) is 11.5 Å². The van der Waals surface area contributed by atoms with Gasteiger partial charge in [-0.15, -0.1) is 0 Å². The number of fused-ring (bicyclic) bond motifs is 5. The Kier molecular flexibility index (Phi) is 19.0. The standard InChI is InChI=1S/C66H101N5O6/c1-16-64(11,34-35-77-63(9,10)48-30-32-65(12)49(38-48)23-26-51-53-28-27-52(44(4)19-17-18-43(2)3)66(53,13)33-31-54(51)65)71-57(72)39-61(5,6)42-62(7,8)59(73)69-58-47(40-68-60(67)70-58)36-46-22-29-55(56(37-46)75-15)76-41-45-20-24-50(74-14)25-21-45/h20-25,29,37,40,43-44,48,51-54H,16-19,26-28,30-36,38-39,41-42H2,1-15H3,(H,71,72)(H3,67,68,69,70,73)/t44-,48+,51?,52-,53?,54?,64?,65+,66-/m1/s1. The van der Waals surface area contributed by atoms with E-state index < -0.39 is 16.4 Å². The van der Waals surface area contributed by atoms with Gasteiger partial charge < -0.3 is 35.3 Å². The smallest absolute Gasteiger partial charge is 0.231 e. The molecule has 11 heteroatoms. The van der Waals surface area contributed by atoms with Crippen molar-refractivity contribution >= 4 is 23.6 Å². The van der Waals surface area contributed by atoms with Crippen LogP contribution in [0.1, 0.15) is 203 Å². The van der Waals surface area contributed by atoms with E-state index in [9.17, 15) is 9.59 Å². The van der Waals surface area contributed by atoms with Crippen LogP contribution in [0.2, 0.25) is 0 Å². The number of carbonyl (C=O) groups excluding carboxylic acids is 2. The summed E-state index contributed by atoms with van der Waals surface area (Å²) in [7, 11) is 3.25. The number of methoxy groups -OCH3 is 2. The molecule has 0 bridgehead atoms. The predicted octanol–water partition coefficient (Wildman–Crippen LogP) is 15.1. The summed E-state index contributed by atoms with van der Waals surface area (Å²) < 4.78 is 24.0. The number of nitrogens with two attached hydrogens (primary N) is 1. The van der Waals surface area contributed by atoms with Gasteiger partial charge in [-0.3, -0.25) is 9.59 Å². The van der Waals surface area contributed by atoms with Gasteiger partial charge in [0.2, 0.25) is 17.8 Å². The highest BCUT2D eigenvalue weighted by Crippen LogP contribution is 2.68. The van der Waals surface area contributed by atoms with Crippen LogP contribution < -0.4 is 30.6 Å².